The summed E-state index contributed by atoms with van der Waals surface area (Å²) in [5.41, 5.74) is 5.19. The van der Waals surface area contributed by atoms with Gasteiger partial charge in [-0.05, 0) is 43.2 Å². The van der Waals surface area contributed by atoms with Crippen LogP contribution in [0.3, 0.4) is 0 Å². The third-order valence-corrected chi connectivity index (χ3v) is 5.00. The average Bonchev–Trinajstić information content (AvgIpc) is 2.78. The van der Waals surface area contributed by atoms with Crippen LogP contribution in [0.5, 0.6) is 0 Å². The van der Waals surface area contributed by atoms with Gasteiger partial charge in [-0.15, -0.1) is 0 Å². The van der Waals surface area contributed by atoms with Gasteiger partial charge in [0.1, 0.15) is 0 Å². The number of hydrogen-bond donors (Lipinski definition) is 3. The van der Waals surface area contributed by atoms with E-state index in [1.165, 1.54) is 36.8 Å². The topological polar surface area (TPSA) is 130 Å². The average molecular weight is 410 g/mol. The Morgan fingerprint density at radius 3 is 2.13 bits per heavy atom. The molecule has 9 heteroatoms. The molecule has 9 nitrogen and oxygen atoms in total. The first-order chi connectivity index (χ1) is 14.4. The molecule has 0 bridgehead atoms. The highest BCUT2D eigenvalue weighted by molar-refractivity contribution is 6.00. The summed E-state index contributed by atoms with van der Waals surface area (Å²) < 4.78 is 0. The third-order valence-electron chi connectivity index (χ3n) is 5.00. The van der Waals surface area contributed by atoms with Gasteiger partial charge in [0.05, 0.1) is 4.92 Å². The summed E-state index contributed by atoms with van der Waals surface area (Å²) in [6, 6.07) is 11.5. The molecule has 1 aliphatic rings. The Morgan fingerprint density at radius 1 is 0.867 bits per heavy atom. The predicted octanol–water partition coefficient (Wildman–Crippen LogP) is 3.19. The maximum absolute atomic E-state index is 12.3. The lowest BCUT2D eigenvalue weighted by atomic mass is 9.88. The van der Waals surface area contributed by atoms with Crippen molar-refractivity contribution in [2.45, 2.75) is 32.1 Å². The van der Waals surface area contributed by atoms with Crippen LogP contribution in [0.15, 0.2) is 48.5 Å². The van der Waals surface area contributed by atoms with E-state index in [0.29, 0.717) is 5.69 Å². The summed E-state index contributed by atoms with van der Waals surface area (Å²) in [7, 11) is 0. The minimum Gasteiger partial charge on any atom is -0.326 e. The first-order valence-corrected chi connectivity index (χ1v) is 9.70. The third kappa shape index (κ3) is 5.40. The standard InChI is InChI=1S/C21H22N4O5/c26-19(14-5-2-1-3-6-14)22-17-11-9-15(10-12-17)20(27)23-24-21(28)16-7-4-8-18(13-16)25(29)30/h4,7-14H,1-3,5-6H2,(H,22,26)(H,23,27)(H,24,28). The van der Waals surface area contributed by atoms with E-state index in [-0.39, 0.29) is 28.6 Å². The van der Waals surface area contributed by atoms with E-state index < -0.39 is 16.7 Å². The molecule has 0 aliphatic heterocycles. The zero-order chi connectivity index (χ0) is 21.5. The van der Waals surface area contributed by atoms with Gasteiger partial charge >= 0.3 is 0 Å². The molecule has 0 aromatic heterocycles. The minimum atomic E-state index is -0.677. The van der Waals surface area contributed by atoms with Crippen LogP contribution in [0.2, 0.25) is 0 Å². The van der Waals surface area contributed by atoms with E-state index in [0.717, 1.165) is 31.7 Å². The summed E-state index contributed by atoms with van der Waals surface area (Å²) in [5.74, 6) is -1.20. The molecule has 2 aromatic rings. The van der Waals surface area contributed by atoms with E-state index in [9.17, 15) is 24.5 Å². The zero-order valence-corrected chi connectivity index (χ0v) is 16.2. The van der Waals surface area contributed by atoms with Crippen LogP contribution >= 0.6 is 0 Å². The number of benzene rings is 2. The molecule has 0 radical (unpaired) electrons. The summed E-state index contributed by atoms with van der Waals surface area (Å²) in [5, 5.41) is 13.7. The van der Waals surface area contributed by atoms with Gasteiger partial charge in [-0.1, -0.05) is 25.3 Å². The molecule has 30 heavy (non-hydrogen) atoms. The molecule has 3 amide bonds. The lowest BCUT2D eigenvalue weighted by Gasteiger charge is -2.20. The quantitative estimate of drug-likeness (QED) is 0.515. The monoisotopic (exact) mass is 410 g/mol. The van der Waals surface area contributed by atoms with Gasteiger partial charge in [0.25, 0.3) is 17.5 Å². The maximum atomic E-state index is 12.3. The number of rotatable bonds is 5. The fraction of sp³-hybridized carbons (Fsp3) is 0.286. The van der Waals surface area contributed by atoms with E-state index in [1.807, 2.05) is 0 Å². The summed E-state index contributed by atoms with van der Waals surface area (Å²) >= 11 is 0. The van der Waals surface area contributed by atoms with Crippen molar-refractivity contribution in [3.05, 3.63) is 69.8 Å². The Balaban J connectivity index is 1.53. The Labute approximate surface area is 173 Å². The number of nitro groups is 1. The van der Waals surface area contributed by atoms with Crippen molar-refractivity contribution < 1.29 is 19.3 Å². The van der Waals surface area contributed by atoms with E-state index in [4.69, 9.17) is 0 Å². The number of anilines is 1. The van der Waals surface area contributed by atoms with Gasteiger partial charge in [0.2, 0.25) is 5.91 Å². The summed E-state index contributed by atoms with van der Waals surface area (Å²) in [4.78, 5) is 46.8. The smallest absolute Gasteiger partial charge is 0.270 e. The Bertz CT molecular complexity index is 952. The van der Waals surface area contributed by atoms with Crippen molar-refractivity contribution in [2.75, 3.05) is 5.32 Å². The van der Waals surface area contributed by atoms with Crippen molar-refractivity contribution in [2.24, 2.45) is 5.92 Å². The Hall–Kier alpha value is -3.75. The molecular weight excluding hydrogens is 388 g/mol. The van der Waals surface area contributed by atoms with Crippen LogP contribution in [-0.2, 0) is 4.79 Å². The van der Waals surface area contributed by atoms with Crippen LogP contribution in [0.4, 0.5) is 11.4 Å². The molecule has 0 saturated heterocycles. The number of nitrogens with zero attached hydrogens (tertiary/aromatic N) is 1. The largest absolute Gasteiger partial charge is 0.326 e. The molecule has 0 heterocycles. The number of nitrogens with one attached hydrogen (secondary N) is 3. The molecule has 3 N–H and O–H groups in total. The minimum absolute atomic E-state index is 0.00359. The Kier molecular flexibility index (Phi) is 6.74. The SMILES string of the molecule is O=C(NNC(=O)c1cccc([N+](=O)[O-])c1)c1ccc(NC(=O)C2CCCCC2)cc1. The molecule has 3 rings (SSSR count). The number of hydrazine groups is 1. The summed E-state index contributed by atoms with van der Waals surface area (Å²) in [6.07, 6.45) is 5.11. The van der Waals surface area contributed by atoms with Gasteiger partial charge in [-0.25, -0.2) is 0 Å². The van der Waals surface area contributed by atoms with Crippen LogP contribution in [0, 0.1) is 16.0 Å². The van der Waals surface area contributed by atoms with E-state index >= 15 is 0 Å². The second kappa shape index (κ2) is 9.64. The number of non-ortho nitro benzene ring substituents is 1. The summed E-state index contributed by atoms with van der Waals surface area (Å²) in [6.45, 7) is 0. The van der Waals surface area contributed by atoms with Crippen molar-refractivity contribution in [1.29, 1.82) is 0 Å². The second-order valence-electron chi connectivity index (χ2n) is 7.12. The predicted molar refractivity (Wildman–Crippen MR) is 110 cm³/mol. The molecule has 1 saturated carbocycles. The van der Waals surface area contributed by atoms with Gasteiger partial charge in [0, 0.05) is 34.9 Å². The highest BCUT2D eigenvalue weighted by Crippen LogP contribution is 2.25. The molecule has 156 valence electrons. The molecular formula is C21H22N4O5. The normalized spacial score (nSPS) is 13.9. The first kappa shape index (κ1) is 21.0. The highest BCUT2D eigenvalue weighted by atomic mass is 16.6. The van der Waals surface area contributed by atoms with Gasteiger partial charge in [-0.3, -0.25) is 35.3 Å². The van der Waals surface area contributed by atoms with E-state index in [1.54, 1.807) is 12.1 Å². The van der Waals surface area contributed by atoms with E-state index in [2.05, 4.69) is 16.2 Å². The van der Waals surface area contributed by atoms with Gasteiger partial charge in [-0.2, -0.15) is 0 Å². The lowest BCUT2D eigenvalue weighted by Crippen LogP contribution is -2.41. The van der Waals surface area contributed by atoms with Crippen molar-refractivity contribution in [3.8, 4) is 0 Å². The van der Waals surface area contributed by atoms with Gasteiger partial charge in [0.15, 0.2) is 0 Å². The van der Waals surface area contributed by atoms with Crippen LogP contribution in [0.25, 0.3) is 0 Å². The Morgan fingerprint density at radius 2 is 1.50 bits per heavy atom. The zero-order valence-electron chi connectivity index (χ0n) is 16.2. The number of amides is 3. The van der Waals surface area contributed by atoms with Crippen molar-refractivity contribution in [1.82, 2.24) is 10.9 Å². The second-order valence-corrected chi connectivity index (χ2v) is 7.12. The molecule has 1 fully saturated rings. The fourth-order valence-electron chi connectivity index (χ4n) is 3.33. The number of carbonyl (C=O) groups excluding carboxylic acids is 3. The number of nitro benzene ring substituents is 1. The fourth-order valence-corrected chi connectivity index (χ4v) is 3.33. The van der Waals surface area contributed by atoms with Crippen molar-refractivity contribution >= 4 is 29.1 Å². The van der Waals surface area contributed by atoms with Crippen LogP contribution in [0.1, 0.15) is 52.8 Å². The molecule has 1 aliphatic carbocycles. The highest BCUT2D eigenvalue weighted by Gasteiger charge is 2.21. The van der Waals surface area contributed by atoms with Gasteiger partial charge < -0.3 is 5.32 Å². The lowest BCUT2D eigenvalue weighted by molar-refractivity contribution is -0.384. The molecule has 0 atom stereocenters. The first-order valence-electron chi connectivity index (χ1n) is 9.70. The molecule has 0 spiro atoms. The van der Waals surface area contributed by atoms with Crippen LogP contribution < -0.4 is 16.2 Å². The number of carbonyl (C=O) groups is 3. The molecule has 0 unspecified atom stereocenters. The van der Waals surface area contributed by atoms with Crippen molar-refractivity contribution in [3.63, 3.8) is 0 Å². The molecule has 2 aromatic carbocycles. The van der Waals surface area contributed by atoms with Crippen LogP contribution in [-0.4, -0.2) is 22.6 Å². The maximum Gasteiger partial charge on any atom is 0.270 e. The number of hydrogen-bond acceptors (Lipinski definition) is 5.